The molecule has 0 aromatic heterocycles. The van der Waals surface area contributed by atoms with E-state index in [0.29, 0.717) is 18.9 Å². The van der Waals surface area contributed by atoms with Gasteiger partial charge in [-0.2, -0.15) is 0 Å². The van der Waals surface area contributed by atoms with Crippen LogP contribution in [0.3, 0.4) is 0 Å². The van der Waals surface area contributed by atoms with Crippen molar-refractivity contribution in [2.45, 2.75) is 33.2 Å². The van der Waals surface area contributed by atoms with Crippen LogP contribution in [0.1, 0.15) is 27.2 Å². The molecule has 21 heavy (non-hydrogen) atoms. The summed E-state index contributed by atoms with van der Waals surface area (Å²) in [6.45, 7) is 6.33. The second-order valence-electron chi connectivity index (χ2n) is 4.47. The summed E-state index contributed by atoms with van der Waals surface area (Å²) < 4.78 is 10.1. The number of rotatable bonds is 7. The van der Waals surface area contributed by atoms with E-state index in [4.69, 9.17) is 9.47 Å². The number of carbonyl (C=O) groups excluding carboxylic acids is 2. The predicted molar refractivity (Wildman–Crippen MR) is 80.5 cm³/mol. The van der Waals surface area contributed by atoms with Crippen LogP contribution in [0.25, 0.3) is 0 Å². The largest absolute Gasteiger partial charge is 0.494 e. The quantitative estimate of drug-likeness (QED) is 0.758. The van der Waals surface area contributed by atoms with E-state index in [1.807, 2.05) is 6.92 Å². The first kappa shape index (κ1) is 16.8. The molecule has 1 rings (SSSR count). The highest BCUT2D eigenvalue weighted by Crippen LogP contribution is 2.15. The molecule has 2 amide bonds. The number of anilines is 1. The van der Waals surface area contributed by atoms with Crippen molar-refractivity contribution in [2.24, 2.45) is 0 Å². The third-order valence-electron chi connectivity index (χ3n) is 2.58. The van der Waals surface area contributed by atoms with Gasteiger partial charge in [0, 0.05) is 11.7 Å². The summed E-state index contributed by atoms with van der Waals surface area (Å²) in [5, 5.41) is 5.36. The summed E-state index contributed by atoms with van der Waals surface area (Å²) in [6, 6.07) is 6.39. The second-order valence-corrected chi connectivity index (χ2v) is 4.47. The number of hydrogen-bond donors (Lipinski definition) is 2. The first-order chi connectivity index (χ1) is 10.0. The lowest BCUT2D eigenvalue weighted by Crippen LogP contribution is -2.37. The van der Waals surface area contributed by atoms with Crippen LogP contribution in [-0.4, -0.2) is 31.3 Å². The van der Waals surface area contributed by atoms with Crippen molar-refractivity contribution in [3.8, 4) is 5.75 Å². The van der Waals surface area contributed by atoms with Crippen LogP contribution in [0.5, 0.6) is 5.75 Å². The Morgan fingerprint density at radius 3 is 2.38 bits per heavy atom. The summed E-state index contributed by atoms with van der Waals surface area (Å²) in [4.78, 5) is 23.1. The maximum absolute atomic E-state index is 11.8. The minimum atomic E-state index is -0.365. The molecule has 0 aliphatic carbocycles. The lowest BCUT2D eigenvalue weighted by atomic mass is 10.2. The molecule has 1 aromatic carbocycles. The molecular formula is C15H22N2O4. The number of ether oxygens (including phenoxy) is 2. The number of esters is 1. The van der Waals surface area contributed by atoms with Gasteiger partial charge in [0.1, 0.15) is 5.75 Å². The average molecular weight is 294 g/mol. The van der Waals surface area contributed by atoms with Crippen LogP contribution >= 0.6 is 0 Å². The van der Waals surface area contributed by atoms with Gasteiger partial charge < -0.3 is 20.1 Å². The van der Waals surface area contributed by atoms with Crippen molar-refractivity contribution >= 4 is 17.7 Å². The van der Waals surface area contributed by atoms with Crippen molar-refractivity contribution in [3.05, 3.63) is 24.3 Å². The van der Waals surface area contributed by atoms with Gasteiger partial charge in [0.2, 0.25) is 0 Å². The maximum atomic E-state index is 11.8. The number of hydrogen-bond acceptors (Lipinski definition) is 4. The Bertz CT molecular complexity index is 459. The van der Waals surface area contributed by atoms with E-state index >= 15 is 0 Å². The topological polar surface area (TPSA) is 76.7 Å². The monoisotopic (exact) mass is 294 g/mol. The fraction of sp³-hybridized carbons (Fsp3) is 0.467. The molecule has 6 nitrogen and oxygen atoms in total. The van der Waals surface area contributed by atoms with Gasteiger partial charge >= 0.3 is 12.0 Å². The van der Waals surface area contributed by atoms with Crippen molar-refractivity contribution in [3.63, 3.8) is 0 Å². The third kappa shape index (κ3) is 6.65. The number of nitrogens with one attached hydrogen (secondary N) is 2. The van der Waals surface area contributed by atoms with Gasteiger partial charge in [0.15, 0.2) is 0 Å². The Morgan fingerprint density at radius 1 is 1.14 bits per heavy atom. The molecule has 1 unspecified atom stereocenters. The second kappa shape index (κ2) is 8.84. The van der Waals surface area contributed by atoms with Crippen molar-refractivity contribution in [1.82, 2.24) is 5.32 Å². The first-order valence-corrected chi connectivity index (χ1v) is 7.01. The van der Waals surface area contributed by atoms with Gasteiger partial charge in [-0.25, -0.2) is 4.79 Å². The molecule has 0 aliphatic rings. The van der Waals surface area contributed by atoms with E-state index in [-0.39, 0.29) is 24.5 Å². The number of amides is 2. The Balaban J connectivity index is 2.40. The van der Waals surface area contributed by atoms with Gasteiger partial charge in [-0.3, -0.25) is 4.79 Å². The molecule has 0 heterocycles. The molecule has 6 heteroatoms. The molecular weight excluding hydrogens is 272 g/mol. The average Bonchev–Trinajstić information content (AvgIpc) is 2.41. The zero-order valence-electron chi connectivity index (χ0n) is 12.6. The molecule has 1 atom stereocenters. The van der Waals surface area contributed by atoms with Crippen LogP contribution in [0.4, 0.5) is 10.5 Å². The zero-order chi connectivity index (χ0) is 15.7. The Hall–Kier alpha value is -2.24. The highest BCUT2D eigenvalue weighted by atomic mass is 16.5. The van der Waals surface area contributed by atoms with E-state index in [1.54, 1.807) is 38.1 Å². The van der Waals surface area contributed by atoms with E-state index in [1.165, 1.54) is 0 Å². The SMILES string of the molecule is CCOC(=O)CC(C)NC(=O)Nc1ccc(OCC)cc1. The third-order valence-corrected chi connectivity index (χ3v) is 2.58. The van der Waals surface area contributed by atoms with Crippen LogP contribution in [-0.2, 0) is 9.53 Å². The molecule has 0 saturated heterocycles. The molecule has 0 aliphatic heterocycles. The molecule has 0 radical (unpaired) electrons. The molecule has 0 bridgehead atoms. The Kier molecular flexibility index (Phi) is 7.08. The smallest absolute Gasteiger partial charge is 0.319 e. The number of urea groups is 1. The summed E-state index contributed by atoms with van der Waals surface area (Å²) in [5.41, 5.74) is 0.652. The summed E-state index contributed by atoms with van der Waals surface area (Å²) in [6.07, 6.45) is 0.143. The maximum Gasteiger partial charge on any atom is 0.319 e. The van der Waals surface area contributed by atoms with E-state index in [2.05, 4.69) is 10.6 Å². The van der Waals surface area contributed by atoms with Crippen LogP contribution in [0.2, 0.25) is 0 Å². The standard InChI is InChI=1S/C15H22N2O4/c1-4-20-13-8-6-12(7-9-13)17-15(19)16-11(3)10-14(18)21-5-2/h6-9,11H,4-5,10H2,1-3H3,(H2,16,17,19). The molecule has 0 fully saturated rings. The minimum Gasteiger partial charge on any atom is -0.494 e. The molecule has 1 aromatic rings. The van der Waals surface area contributed by atoms with Crippen molar-refractivity contribution in [1.29, 1.82) is 0 Å². The predicted octanol–water partition coefficient (Wildman–Crippen LogP) is 2.55. The van der Waals surface area contributed by atoms with E-state index < -0.39 is 0 Å². The Morgan fingerprint density at radius 2 is 1.81 bits per heavy atom. The first-order valence-electron chi connectivity index (χ1n) is 7.01. The van der Waals surface area contributed by atoms with Crippen molar-refractivity contribution < 1.29 is 19.1 Å². The summed E-state index contributed by atoms with van der Waals surface area (Å²) in [5.74, 6) is 0.422. The molecule has 0 spiro atoms. The highest BCUT2D eigenvalue weighted by molar-refractivity contribution is 5.89. The van der Waals surface area contributed by atoms with Crippen molar-refractivity contribution in [2.75, 3.05) is 18.5 Å². The fourth-order valence-corrected chi connectivity index (χ4v) is 1.71. The normalized spacial score (nSPS) is 11.4. The number of benzene rings is 1. The van der Waals surface area contributed by atoms with E-state index in [9.17, 15) is 9.59 Å². The number of carbonyl (C=O) groups is 2. The summed E-state index contributed by atoms with van der Waals surface area (Å²) >= 11 is 0. The van der Waals surface area contributed by atoms with Gasteiger partial charge in [-0.05, 0) is 45.0 Å². The van der Waals surface area contributed by atoms with Crippen LogP contribution in [0, 0.1) is 0 Å². The minimum absolute atomic E-state index is 0.143. The van der Waals surface area contributed by atoms with E-state index in [0.717, 1.165) is 5.75 Å². The van der Waals surface area contributed by atoms with Gasteiger partial charge in [0.05, 0.1) is 19.6 Å². The van der Waals surface area contributed by atoms with Gasteiger partial charge in [0.25, 0.3) is 0 Å². The molecule has 116 valence electrons. The van der Waals surface area contributed by atoms with Gasteiger partial charge in [-0.1, -0.05) is 0 Å². The lowest BCUT2D eigenvalue weighted by Gasteiger charge is -2.14. The van der Waals surface area contributed by atoms with Crippen LogP contribution in [0.15, 0.2) is 24.3 Å². The Labute approximate surface area is 124 Å². The molecule has 2 N–H and O–H groups in total. The lowest BCUT2D eigenvalue weighted by molar-refractivity contribution is -0.143. The highest BCUT2D eigenvalue weighted by Gasteiger charge is 2.12. The summed E-state index contributed by atoms with van der Waals surface area (Å²) in [7, 11) is 0. The fourth-order valence-electron chi connectivity index (χ4n) is 1.71. The zero-order valence-corrected chi connectivity index (χ0v) is 12.6. The van der Waals surface area contributed by atoms with Gasteiger partial charge in [-0.15, -0.1) is 0 Å². The molecule has 0 saturated carbocycles. The van der Waals surface area contributed by atoms with Crippen LogP contribution < -0.4 is 15.4 Å².